The predicted molar refractivity (Wildman–Crippen MR) is 280 cm³/mol. The fraction of sp³-hybridized carbons (Fsp3) is 0.407. The summed E-state index contributed by atoms with van der Waals surface area (Å²) < 4.78 is 7.87. The van der Waals surface area contributed by atoms with Crippen LogP contribution in [-0.4, -0.2) is 96.5 Å². The molecular weight excluding hydrogens is 970 g/mol. The van der Waals surface area contributed by atoms with Gasteiger partial charge in [0.1, 0.15) is 34.7 Å². The molecule has 6 aromatic rings. The van der Waals surface area contributed by atoms with Crippen LogP contribution >= 0.6 is 34.3 Å². The lowest BCUT2D eigenvalue weighted by molar-refractivity contribution is -0.144. The highest BCUT2D eigenvalue weighted by molar-refractivity contribution is 7.15. The van der Waals surface area contributed by atoms with Crippen LogP contribution in [0.4, 0.5) is 0 Å². The molecule has 5 atom stereocenters. The summed E-state index contributed by atoms with van der Waals surface area (Å²) in [6.45, 7) is 15.2. The smallest absolute Gasteiger partial charge is 0.258 e. The van der Waals surface area contributed by atoms with E-state index in [1.165, 1.54) is 20.2 Å². The lowest BCUT2D eigenvalue weighted by atomic mass is 9.78. The maximum Gasteiger partial charge on any atom is 0.258 e. The molecule has 15 nitrogen and oxygen atoms in total. The van der Waals surface area contributed by atoms with E-state index in [4.69, 9.17) is 21.3 Å². The number of halogens is 1. The molecule has 2 aromatic carbocycles. The number of carbonyl (C=O) groups excluding carboxylic acids is 4. The van der Waals surface area contributed by atoms with E-state index in [2.05, 4.69) is 63.3 Å². The van der Waals surface area contributed by atoms with Gasteiger partial charge in [0.15, 0.2) is 12.4 Å². The van der Waals surface area contributed by atoms with Gasteiger partial charge in [0.25, 0.3) is 5.91 Å². The van der Waals surface area contributed by atoms with Gasteiger partial charge in [-0.05, 0) is 111 Å². The molecule has 6 heterocycles. The first-order valence-corrected chi connectivity index (χ1v) is 26.4. The summed E-state index contributed by atoms with van der Waals surface area (Å²) in [5.41, 5.74) is 7.16. The summed E-state index contributed by atoms with van der Waals surface area (Å²) in [5, 5.41) is 32.4. The van der Waals surface area contributed by atoms with Crippen LogP contribution in [0.1, 0.15) is 121 Å². The minimum absolute atomic E-state index is 0.0334. The third kappa shape index (κ3) is 10.6. The first-order valence-electron chi connectivity index (χ1n) is 24.3. The highest BCUT2D eigenvalue weighted by Gasteiger charge is 2.45. The fourth-order valence-electron chi connectivity index (χ4n) is 9.75. The van der Waals surface area contributed by atoms with Gasteiger partial charge >= 0.3 is 0 Å². The number of aliphatic imine (C=N–C) groups is 1. The third-order valence-corrected chi connectivity index (χ3v) is 16.5. The molecule has 3 aliphatic rings. The second-order valence-electron chi connectivity index (χ2n) is 20.3. The Labute approximate surface area is 432 Å². The van der Waals surface area contributed by atoms with Crippen LogP contribution in [-0.2, 0) is 19.2 Å². The summed E-state index contributed by atoms with van der Waals surface area (Å²) in [6, 6.07) is 18.5. The highest BCUT2D eigenvalue weighted by atomic mass is 35.5. The molecule has 376 valence electrons. The zero-order chi connectivity index (χ0) is 51.2. The number of thiophene rings is 2. The number of aliphatic hydroxyl groups is 1. The van der Waals surface area contributed by atoms with E-state index in [0.717, 1.165) is 50.0 Å². The van der Waals surface area contributed by atoms with E-state index in [1.807, 2.05) is 93.8 Å². The Morgan fingerprint density at radius 2 is 1.62 bits per heavy atom. The second kappa shape index (κ2) is 20.7. The van der Waals surface area contributed by atoms with Crippen LogP contribution in [0.25, 0.3) is 15.4 Å². The first kappa shape index (κ1) is 50.7. The number of β-amino-alcohol motifs (C(OH)–C–C–N with tert-alkyl or cyclic N) is 1. The molecule has 4 amide bonds. The number of carbonyl (C=O) groups is 4. The molecule has 4 N–H and O–H groups in total. The number of nitrogens with one attached hydrogen (secondary N) is 3. The number of fused-ring (bicyclic) bond motifs is 3. The number of aryl methyl sites for hydroxylation is 3. The molecule has 2 fully saturated rings. The SMILES string of the molecule is Cc1ccsc1-c1ccc([C@H](C)NC(=O)C2C[C@@H](O)CN2C(=O)[C@@H](NC(=O)COc2ccc(C3CC(NC(=O)C[C@@H]4N=C(c5ccc(Cl)cc5)c5c(sc(C)c5C)-n5c(C)nnc54)C3)nc2)C(C)(C)C)cc1. The van der Waals surface area contributed by atoms with E-state index >= 15 is 0 Å². The number of nitrogens with zero attached hydrogens (tertiary/aromatic N) is 6. The van der Waals surface area contributed by atoms with Gasteiger partial charge in [-0.1, -0.05) is 68.8 Å². The van der Waals surface area contributed by atoms with Gasteiger partial charge < -0.3 is 30.7 Å². The molecule has 18 heteroatoms. The highest BCUT2D eigenvalue weighted by Crippen LogP contribution is 2.41. The van der Waals surface area contributed by atoms with Crippen molar-refractivity contribution in [1.29, 1.82) is 0 Å². The lowest BCUT2D eigenvalue weighted by Gasteiger charge is -2.35. The largest absolute Gasteiger partial charge is 0.482 e. The van der Waals surface area contributed by atoms with Gasteiger partial charge in [0, 0.05) is 56.5 Å². The third-order valence-electron chi connectivity index (χ3n) is 14.0. The molecule has 2 aliphatic heterocycles. The topological polar surface area (TPSA) is 193 Å². The minimum Gasteiger partial charge on any atom is -0.482 e. The average Bonchev–Trinajstić information content (AvgIpc) is 4.10. The number of likely N-dealkylation sites (tertiary alicyclic amines) is 1. The summed E-state index contributed by atoms with van der Waals surface area (Å²) in [7, 11) is 0. The second-order valence-corrected chi connectivity index (χ2v) is 22.9. The Morgan fingerprint density at radius 3 is 2.29 bits per heavy atom. The summed E-state index contributed by atoms with van der Waals surface area (Å²) in [5.74, 6) is 0.371. The first-order chi connectivity index (χ1) is 34.3. The molecule has 72 heavy (non-hydrogen) atoms. The number of aliphatic hydroxyl groups excluding tert-OH is 1. The van der Waals surface area contributed by atoms with Gasteiger partial charge in [-0.15, -0.1) is 32.9 Å². The van der Waals surface area contributed by atoms with Crippen molar-refractivity contribution in [2.75, 3.05) is 13.2 Å². The summed E-state index contributed by atoms with van der Waals surface area (Å²) in [4.78, 5) is 68.7. The van der Waals surface area contributed by atoms with Gasteiger partial charge in [-0.25, -0.2) is 0 Å². The Balaban J connectivity index is 0.768. The van der Waals surface area contributed by atoms with Gasteiger partial charge in [0.2, 0.25) is 17.7 Å². The summed E-state index contributed by atoms with van der Waals surface area (Å²) >= 11 is 9.62. The average molecular weight is 1030 g/mol. The van der Waals surface area contributed by atoms with Crippen molar-refractivity contribution in [1.82, 2.24) is 40.6 Å². The van der Waals surface area contributed by atoms with Gasteiger partial charge in [-0.3, -0.25) is 33.7 Å². The molecule has 0 radical (unpaired) electrons. The van der Waals surface area contributed by atoms with E-state index in [9.17, 15) is 24.3 Å². The van der Waals surface area contributed by atoms with Crippen molar-refractivity contribution in [3.63, 3.8) is 0 Å². The quantitative estimate of drug-likeness (QED) is 0.0829. The van der Waals surface area contributed by atoms with E-state index in [0.29, 0.717) is 29.4 Å². The number of pyridine rings is 1. The normalized spacial score (nSPS) is 20.3. The Bertz CT molecular complexity index is 3030. The number of rotatable bonds is 14. The zero-order valence-corrected chi connectivity index (χ0v) is 44.0. The molecule has 1 saturated carbocycles. The summed E-state index contributed by atoms with van der Waals surface area (Å²) in [6.07, 6.45) is 2.26. The molecule has 1 unspecified atom stereocenters. The molecular formula is C54H60ClN9O6S2. The molecule has 1 aliphatic carbocycles. The van der Waals surface area contributed by atoms with Crippen LogP contribution in [0.2, 0.25) is 5.02 Å². The number of ether oxygens (including phenoxy) is 1. The van der Waals surface area contributed by atoms with E-state index < -0.39 is 41.5 Å². The van der Waals surface area contributed by atoms with Crippen LogP contribution in [0.3, 0.4) is 0 Å². The van der Waals surface area contributed by atoms with E-state index in [-0.39, 0.29) is 55.8 Å². The maximum atomic E-state index is 14.2. The Hall–Kier alpha value is -6.27. The molecule has 1 saturated heterocycles. The number of hydrogen-bond donors (Lipinski definition) is 4. The molecule has 9 rings (SSSR count). The zero-order valence-electron chi connectivity index (χ0n) is 41.7. The van der Waals surface area contributed by atoms with Crippen molar-refractivity contribution >= 4 is 63.6 Å². The van der Waals surface area contributed by atoms with Crippen LogP contribution in [0.5, 0.6) is 5.75 Å². The van der Waals surface area contributed by atoms with Crippen molar-refractivity contribution in [2.24, 2.45) is 10.4 Å². The molecule has 4 aromatic heterocycles. The van der Waals surface area contributed by atoms with Crippen molar-refractivity contribution < 1.29 is 29.0 Å². The maximum absolute atomic E-state index is 14.2. The number of aromatic nitrogens is 4. The van der Waals surface area contributed by atoms with Crippen LogP contribution in [0.15, 0.2) is 83.3 Å². The molecule has 0 bridgehead atoms. The van der Waals surface area contributed by atoms with Crippen LogP contribution in [0, 0.1) is 33.1 Å². The monoisotopic (exact) mass is 1030 g/mol. The van der Waals surface area contributed by atoms with Crippen molar-refractivity contribution in [2.45, 2.75) is 123 Å². The number of benzene rings is 2. The van der Waals surface area contributed by atoms with Gasteiger partial charge in [0.05, 0.1) is 30.5 Å². The predicted octanol–water partition coefficient (Wildman–Crippen LogP) is 8.43. The minimum atomic E-state index is -1.01. The lowest BCUT2D eigenvalue weighted by Crippen LogP contribution is -2.58. The van der Waals surface area contributed by atoms with Crippen molar-refractivity contribution in [3.8, 4) is 21.2 Å². The Morgan fingerprint density at radius 1 is 0.903 bits per heavy atom. The van der Waals surface area contributed by atoms with Crippen molar-refractivity contribution in [3.05, 3.63) is 133 Å². The number of amides is 4. The Kier molecular flexibility index (Phi) is 14.6. The van der Waals surface area contributed by atoms with Gasteiger partial charge in [-0.2, -0.15) is 0 Å². The standard InChI is InChI=1S/C54H60ClN9O6S2/c1-28-19-20-71-48(28)35-11-9-33(10-12-35)30(3)57-51(68)43-23-39(65)26-63(43)52(69)49(54(6,7)8)60-45(67)27-70-40-17-18-41(56-25-40)36-21-38(22-36)58-44(66)24-42-50-62-61-32(5)64(50)53-46(29(2)31(4)72-53)47(59-42)34-13-15-37(55)16-14-34/h9-20,25,30,36,38-39,42-43,49,65H,21-24,26-27H2,1-8H3,(H,57,68)(H,58,66)(H,60,67)/t30-,36?,38?,39+,42-,43?,49+/m0/s1. The number of hydrogen-bond acceptors (Lipinski definition) is 12. The molecule has 0 spiro atoms. The fourth-order valence-corrected chi connectivity index (χ4v) is 12.0. The van der Waals surface area contributed by atoms with Crippen LogP contribution < -0.4 is 20.7 Å². The van der Waals surface area contributed by atoms with E-state index in [1.54, 1.807) is 34.9 Å².